The fourth-order valence-corrected chi connectivity index (χ4v) is 2.76. The van der Waals surface area contributed by atoms with Crippen LogP contribution in [0, 0.1) is 17.8 Å². The minimum Gasteiger partial charge on any atom is -0.453 e. The summed E-state index contributed by atoms with van der Waals surface area (Å²) in [5, 5.41) is 12.7. The van der Waals surface area contributed by atoms with Gasteiger partial charge in [0.15, 0.2) is 0 Å². The lowest BCUT2D eigenvalue weighted by Gasteiger charge is -2.46. The Labute approximate surface area is 89.4 Å². The van der Waals surface area contributed by atoms with Gasteiger partial charge in [-0.2, -0.15) is 0 Å². The lowest BCUT2D eigenvalue weighted by molar-refractivity contribution is 0.00492. The second kappa shape index (κ2) is 4.37. The molecule has 2 heterocycles. The van der Waals surface area contributed by atoms with Gasteiger partial charge in [0.1, 0.15) is 0 Å². The molecule has 2 fully saturated rings. The number of ether oxygens (including phenoxy) is 1. The van der Waals surface area contributed by atoms with Crippen molar-refractivity contribution >= 4 is 6.09 Å². The van der Waals surface area contributed by atoms with E-state index in [1.165, 1.54) is 7.11 Å². The summed E-state index contributed by atoms with van der Waals surface area (Å²) >= 11 is 0. The molecule has 1 amide bonds. The molecule has 2 atom stereocenters. The first-order valence-corrected chi connectivity index (χ1v) is 5.40. The zero-order valence-corrected chi connectivity index (χ0v) is 8.98. The first-order chi connectivity index (χ1) is 7.26. The van der Waals surface area contributed by atoms with Gasteiger partial charge in [-0.3, -0.25) is 0 Å². The van der Waals surface area contributed by atoms with Crippen molar-refractivity contribution in [3.05, 3.63) is 0 Å². The van der Waals surface area contributed by atoms with Crippen molar-refractivity contribution in [2.45, 2.75) is 0 Å². The summed E-state index contributed by atoms with van der Waals surface area (Å²) in [7, 11) is 1.41. The third kappa shape index (κ3) is 1.94. The highest BCUT2D eigenvalue weighted by molar-refractivity contribution is 5.67. The fourth-order valence-electron chi connectivity index (χ4n) is 2.76. The molecular formula is C10H18N2O3. The van der Waals surface area contributed by atoms with Crippen LogP contribution in [0.2, 0.25) is 0 Å². The van der Waals surface area contributed by atoms with E-state index in [2.05, 4.69) is 5.32 Å². The molecule has 5 heteroatoms. The lowest BCUT2D eigenvalue weighted by atomic mass is 9.75. The molecule has 0 aliphatic carbocycles. The molecule has 0 aromatic heterocycles. The van der Waals surface area contributed by atoms with Crippen LogP contribution >= 0.6 is 0 Å². The second-order valence-corrected chi connectivity index (χ2v) is 4.40. The number of hydrogen-bond donors (Lipinski definition) is 2. The minimum atomic E-state index is -0.247. The number of aliphatic hydroxyl groups is 1. The van der Waals surface area contributed by atoms with Crippen LogP contribution < -0.4 is 5.32 Å². The standard InChI is InChI=1S/C10H18N2O3/c1-15-10(14)12-4-7-2-11-3-8(5-12)9(7)6-13/h7-9,11,13H,2-6H2,1H3. The van der Waals surface area contributed by atoms with E-state index >= 15 is 0 Å². The average molecular weight is 214 g/mol. The quantitative estimate of drug-likeness (QED) is 0.618. The van der Waals surface area contributed by atoms with Crippen LogP contribution in [-0.4, -0.2) is 56.0 Å². The maximum Gasteiger partial charge on any atom is 0.409 e. The molecule has 15 heavy (non-hydrogen) atoms. The molecular weight excluding hydrogens is 196 g/mol. The molecule has 2 aliphatic rings. The Bertz CT molecular complexity index is 233. The van der Waals surface area contributed by atoms with E-state index in [-0.39, 0.29) is 12.7 Å². The van der Waals surface area contributed by atoms with E-state index < -0.39 is 0 Å². The predicted octanol–water partition coefficient (Wildman–Crippen LogP) is -0.487. The first-order valence-electron chi connectivity index (χ1n) is 5.40. The molecule has 86 valence electrons. The Hall–Kier alpha value is -0.810. The van der Waals surface area contributed by atoms with Crippen molar-refractivity contribution in [3.63, 3.8) is 0 Å². The number of rotatable bonds is 1. The van der Waals surface area contributed by atoms with Gasteiger partial charge < -0.3 is 20.1 Å². The Balaban J connectivity index is 2.05. The number of piperidine rings is 2. The SMILES string of the molecule is COC(=O)N1CC2CNCC(C1)C2CO. The normalized spacial score (nSPS) is 35.1. The number of aliphatic hydroxyl groups excluding tert-OH is 1. The van der Waals surface area contributed by atoms with Gasteiger partial charge in [0.2, 0.25) is 0 Å². The van der Waals surface area contributed by atoms with Crippen molar-refractivity contribution in [2.75, 3.05) is 39.9 Å². The Morgan fingerprint density at radius 1 is 1.47 bits per heavy atom. The van der Waals surface area contributed by atoms with E-state index in [9.17, 15) is 9.90 Å². The number of hydrogen-bond acceptors (Lipinski definition) is 4. The van der Waals surface area contributed by atoms with Gasteiger partial charge in [0.05, 0.1) is 7.11 Å². The third-order valence-electron chi connectivity index (χ3n) is 3.58. The summed E-state index contributed by atoms with van der Waals surface area (Å²) in [4.78, 5) is 13.2. The van der Waals surface area contributed by atoms with E-state index in [1.807, 2.05) is 0 Å². The Kier molecular flexibility index (Phi) is 3.11. The van der Waals surface area contributed by atoms with Gasteiger partial charge in [-0.15, -0.1) is 0 Å². The molecule has 0 spiro atoms. The monoisotopic (exact) mass is 214 g/mol. The van der Waals surface area contributed by atoms with E-state index in [0.29, 0.717) is 30.8 Å². The molecule has 2 unspecified atom stereocenters. The predicted molar refractivity (Wildman–Crippen MR) is 54.4 cm³/mol. The molecule has 0 saturated carbocycles. The molecule has 0 aromatic rings. The van der Waals surface area contributed by atoms with Crippen LogP contribution in [0.25, 0.3) is 0 Å². The summed E-state index contributed by atoms with van der Waals surface area (Å²) in [5.41, 5.74) is 0. The highest BCUT2D eigenvalue weighted by Gasteiger charge is 2.40. The maximum absolute atomic E-state index is 11.4. The highest BCUT2D eigenvalue weighted by Crippen LogP contribution is 2.30. The third-order valence-corrected chi connectivity index (χ3v) is 3.58. The molecule has 2 rings (SSSR count). The summed E-state index contributed by atoms with van der Waals surface area (Å²) in [6.07, 6.45) is -0.247. The summed E-state index contributed by atoms with van der Waals surface area (Å²) in [6, 6.07) is 0. The molecule has 0 aromatic carbocycles. The van der Waals surface area contributed by atoms with Crippen molar-refractivity contribution in [3.8, 4) is 0 Å². The van der Waals surface area contributed by atoms with Crippen LogP contribution in [0.5, 0.6) is 0 Å². The first kappa shape index (κ1) is 10.7. The van der Waals surface area contributed by atoms with Crippen LogP contribution in [0.3, 0.4) is 0 Å². The molecule has 2 saturated heterocycles. The lowest BCUT2D eigenvalue weighted by Crippen LogP contribution is -2.58. The van der Waals surface area contributed by atoms with Crippen LogP contribution in [-0.2, 0) is 4.74 Å². The van der Waals surface area contributed by atoms with Crippen molar-refractivity contribution in [1.29, 1.82) is 0 Å². The largest absolute Gasteiger partial charge is 0.453 e. The number of carbonyl (C=O) groups is 1. The maximum atomic E-state index is 11.4. The van der Waals surface area contributed by atoms with E-state index in [4.69, 9.17) is 4.74 Å². The minimum absolute atomic E-state index is 0.228. The van der Waals surface area contributed by atoms with Crippen molar-refractivity contribution in [2.24, 2.45) is 17.8 Å². The van der Waals surface area contributed by atoms with Gasteiger partial charge in [0, 0.05) is 32.8 Å². The van der Waals surface area contributed by atoms with Crippen molar-refractivity contribution < 1.29 is 14.6 Å². The number of fused-ring (bicyclic) bond motifs is 2. The summed E-state index contributed by atoms with van der Waals surface area (Å²) in [6.45, 7) is 3.39. The molecule has 0 radical (unpaired) electrons. The molecule has 2 bridgehead atoms. The Morgan fingerprint density at radius 2 is 2.07 bits per heavy atom. The van der Waals surface area contributed by atoms with Gasteiger partial charge >= 0.3 is 6.09 Å². The van der Waals surface area contributed by atoms with Crippen molar-refractivity contribution in [1.82, 2.24) is 10.2 Å². The van der Waals surface area contributed by atoms with E-state index in [0.717, 1.165) is 13.1 Å². The van der Waals surface area contributed by atoms with Gasteiger partial charge in [-0.25, -0.2) is 4.79 Å². The summed E-state index contributed by atoms with van der Waals surface area (Å²) in [5.74, 6) is 1.07. The summed E-state index contributed by atoms with van der Waals surface area (Å²) < 4.78 is 4.73. The zero-order chi connectivity index (χ0) is 10.8. The van der Waals surface area contributed by atoms with Crippen LogP contribution in [0.15, 0.2) is 0 Å². The number of nitrogens with zero attached hydrogens (tertiary/aromatic N) is 1. The smallest absolute Gasteiger partial charge is 0.409 e. The van der Waals surface area contributed by atoms with Gasteiger partial charge in [0.25, 0.3) is 0 Å². The van der Waals surface area contributed by atoms with Crippen LogP contribution in [0.4, 0.5) is 4.79 Å². The number of likely N-dealkylation sites (tertiary alicyclic amines) is 1. The second-order valence-electron chi connectivity index (χ2n) is 4.40. The molecule has 2 aliphatic heterocycles. The topological polar surface area (TPSA) is 61.8 Å². The number of carbonyl (C=O) groups excluding carboxylic acids is 1. The highest BCUT2D eigenvalue weighted by atomic mass is 16.5. The number of methoxy groups -OCH3 is 1. The molecule has 5 nitrogen and oxygen atoms in total. The van der Waals surface area contributed by atoms with Gasteiger partial charge in [-0.1, -0.05) is 0 Å². The number of nitrogens with one attached hydrogen (secondary N) is 1. The van der Waals surface area contributed by atoms with E-state index in [1.54, 1.807) is 4.90 Å². The Morgan fingerprint density at radius 3 is 2.53 bits per heavy atom. The fraction of sp³-hybridized carbons (Fsp3) is 0.900. The zero-order valence-electron chi connectivity index (χ0n) is 8.98. The van der Waals surface area contributed by atoms with Gasteiger partial charge in [-0.05, 0) is 17.8 Å². The molecule has 2 N–H and O–H groups in total. The van der Waals surface area contributed by atoms with Crippen LogP contribution in [0.1, 0.15) is 0 Å². The number of amides is 1. The average Bonchev–Trinajstić information content (AvgIpc) is 2.26.